The number of nitrogens with one attached hydrogen (secondary N) is 2. The predicted octanol–water partition coefficient (Wildman–Crippen LogP) is -3.18. The Labute approximate surface area is 213 Å². The Morgan fingerprint density at radius 1 is 0.706 bits per heavy atom. The van der Waals surface area contributed by atoms with E-state index in [1.807, 2.05) is 40.1 Å². The second kappa shape index (κ2) is 19.3. The van der Waals surface area contributed by atoms with Crippen LogP contribution in [-0.2, 0) is 17.1 Å². The monoisotopic (exact) mass is 537 g/mol. The van der Waals surface area contributed by atoms with Gasteiger partial charge in [0, 0.05) is 24.5 Å². The fourth-order valence-electron chi connectivity index (χ4n) is 2.37. The molecule has 2 aromatic rings. The average molecular weight is 538 g/mol. The van der Waals surface area contributed by atoms with Crippen molar-refractivity contribution in [3.8, 4) is 11.5 Å². The second-order valence-corrected chi connectivity index (χ2v) is 7.27. The number of halogens is 1. The van der Waals surface area contributed by atoms with Crippen molar-refractivity contribution in [1.29, 1.82) is 0 Å². The zero-order chi connectivity index (χ0) is 25.3. The first kappa shape index (κ1) is 34.1. The molecule has 0 spiro atoms. The number of para-hydroxylation sites is 2. The summed E-state index contributed by atoms with van der Waals surface area (Å²) in [5.41, 5.74) is 3.02. The van der Waals surface area contributed by atoms with Crippen molar-refractivity contribution in [3.05, 3.63) is 59.7 Å². The smallest absolute Gasteiger partial charge is 0.872 e. The molecule has 12 heteroatoms. The van der Waals surface area contributed by atoms with Gasteiger partial charge in [-0.2, -0.15) is 0 Å². The normalized spacial score (nSPS) is 11.4. The molecule has 0 aromatic heterocycles. The van der Waals surface area contributed by atoms with Crippen LogP contribution >= 0.6 is 0 Å². The van der Waals surface area contributed by atoms with Crippen LogP contribution in [0, 0.1) is 10.2 Å². The average Bonchev–Trinajstić information content (AvgIpc) is 2.74. The summed E-state index contributed by atoms with van der Waals surface area (Å²) in [7, 11) is -1.18. The fourth-order valence-corrected chi connectivity index (χ4v) is 2.37. The number of nitrogens with zero attached hydrogens (tertiary/aromatic N) is 2. The van der Waals surface area contributed by atoms with Crippen molar-refractivity contribution >= 4 is 11.4 Å². The van der Waals surface area contributed by atoms with Gasteiger partial charge in [-0.3, -0.25) is 9.98 Å². The Hall–Kier alpha value is -2.05. The predicted molar refractivity (Wildman–Crippen MR) is 114 cm³/mol. The van der Waals surface area contributed by atoms with Crippen LogP contribution in [0.5, 0.6) is 11.5 Å². The maximum atomic E-state index is 11.4. The van der Waals surface area contributed by atoms with E-state index >= 15 is 0 Å². The van der Waals surface area contributed by atoms with Crippen molar-refractivity contribution in [2.24, 2.45) is 9.98 Å². The molecule has 0 amide bonds. The Kier molecular flexibility index (Phi) is 19.3. The third-order valence-corrected chi connectivity index (χ3v) is 3.98. The molecule has 2 aromatic carbocycles. The maximum absolute atomic E-state index is 11.4. The first-order chi connectivity index (χ1) is 15.5. The third-order valence-electron chi connectivity index (χ3n) is 3.98. The summed E-state index contributed by atoms with van der Waals surface area (Å²) >= 11 is 0. The molecule has 0 saturated heterocycles. The van der Waals surface area contributed by atoms with E-state index in [0.29, 0.717) is 24.2 Å². The SMILES string of the molecule is CNCCN=C(C)c1ccccc1[O-].CNCCN=C(C)c1ccccc1[O-].[Fe+5].[O-][Cl+3]([O-])([O-])[O-]. The third kappa shape index (κ3) is 17.4. The van der Waals surface area contributed by atoms with E-state index in [9.17, 15) is 10.2 Å². The molecule has 2 rings (SSSR count). The zero-order valence-electron chi connectivity index (χ0n) is 19.5. The van der Waals surface area contributed by atoms with Crippen LogP contribution in [0.15, 0.2) is 58.5 Å². The van der Waals surface area contributed by atoms with Gasteiger partial charge in [-0.15, -0.1) is 10.2 Å². The number of likely N-dealkylation sites (N-methyl/N-ethyl adjacent to an activating group) is 2. The van der Waals surface area contributed by atoms with Gasteiger partial charge < -0.3 is 20.8 Å². The molecule has 34 heavy (non-hydrogen) atoms. The minimum Gasteiger partial charge on any atom is -0.872 e. The Morgan fingerprint density at radius 3 is 1.26 bits per heavy atom. The molecule has 0 heterocycles. The Balaban J connectivity index is 0. The summed E-state index contributed by atoms with van der Waals surface area (Å²) in [6.07, 6.45) is 0. The summed E-state index contributed by atoms with van der Waals surface area (Å²) in [4.78, 5) is 8.60. The molecule has 0 atom stereocenters. The minimum absolute atomic E-state index is 0. The maximum Gasteiger partial charge on any atom is 5.00 e. The fraction of sp³-hybridized carbons (Fsp3) is 0.364. The molecular formula is C22H30ClFeN4O6+2. The standard InChI is InChI=1S/2C11H16N2O.ClHO4.Fe/c2*1-9(13-8-7-12-2)10-5-3-4-6-11(10)14;2-1(3,4)5;/h2*3-6,12,14H,7-8H2,1-2H3;(H,2,3,4,5);/q;;;+5/p-3. The van der Waals surface area contributed by atoms with E-state index in [0.717, 1.165) is 24.5 Å². The molecule has 1 radical (unpaired) electrons. The number of hydrogen-bond donors (Lipinski definition) is 2. The summed E-state index contributed by atoms with van der Waals surface area (Å²) in [5, 5.41) is 28.8. The van der Waals surface area contributed by atoms with Crippen LogP contribution in [0.2, 0.25) is 0 Å². The summed E-state index contributed by atoms with van der Waals surface area (Å²) < 4.78 is 34.0. The molecule has 0 aliphatic heterocycles. The van der Waals surface area contributed by atoms with Crippen LogP contribution in [0.25, 0.3) is 0 Å². The van der Waals surface area contributed by atoms with Crippen molar-refractivity contribution in [2.75, 3.05) is 40.3 Å². The van der Waals surface area contributed by atoms with E-state index in [4.69, 9.17) is 18.6 Å². The molecule has 0 aliphatic carbocycles. The Morgan fingerprint density at radius 2 is 1.00 bits per heavy atom. The van der Waals surface area contributed by atoms with E-state index in [1.54, 1.807) is 36.4 Å². The molecular weight excluding hydrogens is 508 g/mol. The van der Waals surface area contributed by atoms with Gasteiger partial charge in [-0.1, -0.05) is 60.0 Å². The number of hydrogen-bond acceptors (Lipinski definition) is 10. The van der Waals surface area contributed by atoms with Crippen LogP contribution in [0.1, 0.15) is 25.0 Å². The van der Waals surface area contributed by atoms with Crippen LogP contribution in [0.4, 0.5) is 0 Å². The van der Waals surface area contributed by atoms with Gasteiger partial charge in [0.25, 0.3) is 0 Å². The van der Waals surface area contributed by atoms with Crippen molar-refractivity contribution in [3.63, 3.8) is 0 Å². The Bertz CT molecular complexity index is 807. The molecule has 2 N–H and O–H groups in total. The van der Waals surface area contributed by atoms with E-state index in [1.165, 1.54) is 0 Å². The van der Waals surface area contributed by atoms with Crippen molar-refractivity contribution < 1.29 is 56.2 Å². The summed E-state index contributed by atoms with van der Waals surface area (Å²) in [5.74, 6) is 0.0800. The quantitative estimate of drug-likeness (QED) is 0.200. The molecule has 0 aliphatic rings. The molecule has 0 fully saturated rings. The van der Waals surface area contributed by atoms with Crippen LogP contribution in [0.3, 0.4) is 0 Å². The van der Waals surface area contributed by atoms with E-state index in [-0.39, 0.29) is 28.6 Å². The van der Waals surface area contributed by atoms with Crippen LogP contribution in [-0.4, -0.2) is 51.7 Å². The molecule has 0 bridgehead atoms. The van der Waals surface area contributed by atoms with Crippen molar-refractivity contribution in [1.82, 2.24) is 10.6 Å². The number of benzene rings is 2. The van der Waals surface area contributed by atoms with Gasteiger partial charge >= 0.3 is 17.1 Å². The minimum atomic E-state index is -4.94. The molecule has 0 saturated carbocycles. The zero-order valence-corrected chi connectivity index (χ0v) is 21.4. The van der Waals surface area contributed by atoms with Crippen LogP contribution < -0.4 is 39.5 Å². The summed E-state index contributed by atoms with van der Waals surface area (Å²) in [6.45, 7) is 6.81. The van der Waals surface area contributed by atoms with Gasteiger partial charge in [0.2, 0.25) is 0 Å². The molecule has 10 nitrogen and oxygen atoms in total. The van der Waals surface area contributed by atoms with Gasteiger partial charge in [0.1, 0.15) is 0 Å². The number of aliphatic imine (C=N–C) groups is 2. The van der Waals surface area contributed by atoms with Gasteiger partial charge in [-0.05, 0) is 39.1 Å². The largest absolute Gasteiger partial charge is 5.00 e. The topological polar surface area (TPSA) is 187 Å². The number of rotatable bonds is 8. The first-order valence-electron chi connectivity index (χ1n) is 9.97. The first-order valence-corrected chi connectivity index (χ1v) is 11.2. The van der Waals surface area contributed by atoms with Gasteiger partial charge in [0.15, 0.2) is 0 Å². The van der Waals surface area contributed by atoms with E-state index < -0.39 is 10.2 Å². The van der Waals surface area contributed by atoms with E-state index in [2.05, 4.69) is 20.6 Å². The second-order valence-electron chi connectivity index (χ2n) is 6.51. The molecule has 187 valence electrons. The van der Waals surface area contributed by atoms with Gasteiger partial charge in [0.05, 0.1) is 13.1 Å². The molecule has 0 unspecified atom stereocenters. The summed E-state index contributed by atoms with van der Waals surface area (Å²) in [6, 6.07) is 13.9. The van der Waals surface area contributed by atoms with Gasteiger partial charge in [-0.25, -0.2) is 18.6 Å². The van der Waals surface area contributed by atoms with Crippen molar-refractivity contribution in [2.45, 2.75) is 13.8 Å².